The highest BCUT2D eigenvalue weighted by Crippen LogP contribution is 2.25. The summed E-state index contributed by atoms with van der Waals surface area (Å²) in [4.78, 5) is 20.5. The first-order valence-electron chi connectivity index (χ1n) is 8.41. The molecule has 1 N–H and O–H groups in total. The molecule has 1 amide bonds. The van der Waals surface area contributed by atoms with E-state index in [-0.39, 0.29) is 18.1 Å². The van der Waals surface area contributed by atoms with E-state index in [4.69, 9.17) is 10.00 Å². The van der Waals surface area contributed by atoms with Crippen LogP contribution in [0.3, 0.4) is 0 Å². The normalized spacial score (nSPS) is 19.7. The van der Waals surface area contributed by atoms with Gasteiger partial charge in [0, 0.05) is 18.4 Å². The van der Waals surface area contributed by atoms with Crippen LogP contribution in [-0.4, -0.2) is 28.0 Å². The summed E-state index contributed by atoms with van der Waals surface area (Å²) in [5.41, 5.74) is 1.67. The number of aryl methyl sites for hydroxylation is 1. The molecule has 0 radical (unpaired) electrons. The molecule has 1 fully saturated rings. The summed E-state index contributed by atoms with van der Waals surface area (Å²) in [6.07, 6.45) is 6.84. The van der Waals surface area contributed by atoms with Crippen LogP contribution < -0.4 is 10.1 Å². The fourth-order valence-corrected chi connectivity index (χ4v) is 2.95. The van der Waals surface area contributed by atoms with Crippen LogP contribution in [0.15, 0.2) is 36.7 Å². The van der Waals surface area contributed by atoms with Crippen LogP contribution in [0.1, 0.15) is 47.4 Å². The molecule has 3 rings (SSSR count). The highest BCUT2D eigenvalue weighted by molar-refractivity contribution is 5.92. The average Bonchev–Trinajstić information content (AvgIpc) is 2.65. The summed E-state index contributed by atoms with van der Waals surface area (Å²) < 4.78 is 6.03. The largest absolute Gasteiger partial charge is 0.489 e. The summed E-state index contributed by atoms with van der Waals surface area (Å²) in [6.45, 7) is 1.94. The lowest BCUT2D eigenvalue weighted by Gasteiger charge is -2.29. The van der Waals surface area contributed by atoms with Crippen molar-refractivity contribution in [1.29, 1.82) is 5.26 Å². The smallest absolute Gasteiger partial charge is 0.270 e. The minimum atomic E-state index is -0.197. The number of pyridine rings is 2. The van der Waals surface area contributed by atoms with E-state index in [0.717, 1.165) is 37.1 Å². The molecule has 0 aliphatic heterocycles. The Balaban J connectivity index is 1.49. The highest BCUT2D eigenvalue weighted by Gasteiger charge is 2.24. The van der Waals surface area contributed by atoms with Crippen LogP contribution in [0.25, 0.3) is 0 Å². The van der Waals surface area contributed by atoms with Crippen LogP contribution in [0.4, 0.5) is 0 Å². The van der Waals surface area contributed by atoms with E-state index in [1.54, 1.807) is 18.3 Å². The molecule has 6 heteroatoms. The summed E-state index contributed by atoms with van der Waals surface area (Å²) in [6, 6.07) is 9.10. The predicted octanol–water partition coefficient (Wildman–Crippen LogP) is 2.78. The van der Waals surface area contributed by atoms with Gasteiger partial charge < -0.3 is 10.1 Å². The summed E-state index contributed by atoms with van der Waals surface area (Å²) in [7, 11) is 0. The Bertz CT molecular complexity index is 775. The maximum Gasteiger partial charge on any atom is 0.270 e. The Labute approximate surface area is 146 Å². The summed E-state index contributed by atoms with van der Waals surface area (Å²) >= 11 is 0. The molecule has 1 aliphatic carbocycles. The van der Waals surface area contributed by atoms with Gasteiger partial charge >= 0.3 is 0 Å². The van der Waals surface area contributed by atoms with Crippen molar-refractivity contribution in [2.75, 3.05) is 0 Å². The number of aromatic nitrogens is 2. The van der Waals surface area contributed by atoms with Gasteiger partial charge in [-0.15, -0.1) is 0 Å². The van der Waals surface area contributed by atoms with E-state index in [1.165, 1.54) is 6.20 Å². The van der Waals surface area contributed by atoms with Crippen LogP contribution in [-0.2, 0) is 0 Å². The van der Waals surface area contributed by atoms with Crippen molar-refractivity contribution < 1.29 is 9.53 Å². The summed E-state index contributed by atoms with van der Waals surface area (Å²) in [5.74, 6) is 0.633. The van der Waals surface area contributed by atoms with Crippen LogP contribution in [0.2, 0.25) is 0 Å². The van der Waals surface area contributed by atoms with Gasteiger partial charge in [0.15, 0.2) is 0 Å². The Hall–Kier alpha value is -2.94. The van der Waals surface area contributed by atoms with Gasteiger partial charge in [-0.05, 0) is 56.9 Å². The fraction of sp³-hybridized carbons (Fsp3) is 0.368. The van der Waals surface area contributed by atoms with Crippen molar-refractivity contribution in [3.63, 3.8) is 0 Å². The first kappa shape index (κ1) is 16.9. The zero-order valence-electron chi connectivity index (χ0n) is 14.1. The number of nitriles is 1. The second-order valence-electron chi connectivity index (χ2n) is 6.20. The van der Waals surface area contributed by atoms with Gasteiger partial charge in [0.1, 0.15) is 17.5 Å². The number of nitrogens with zero attached hydrogens (tertiary/aromatic N) is 3. The molecule has 25 heavy (non-hydrogen) atoms. The number of nitrogens with one attached hydrogen (secondary N) is 1. The number of hydrogen-bond donors (Lipinski definition) is 1. The van der Waals surface area contributed by atoms with Crippen molar-refractivity contribution in [2.24, 2.45) is 0 Å². The number of amides is 1. The lowest BCUT2D eigenvalue weighted by atomic mass is 9.92. The lowest BCUT2D eigenvalue weighted by molar-refractivity contribution is 0.0888. The maximum atomic E-state index is 12.2. The monoisotopic (exact) mass is 336 g/mol. The standard InChI is InChI=1S/C19H20N4O2/c1-13-18(3-2-10-21-13)25-16-7-5-15(6-8-16)23-19(24)17-9-4-14(11-20)12-22-17/h2-4,9-10,12,15-16H,5-8H2,1H3,(H,23,24). The molecule has 1 aliphatic rings. The molecule has 0 aromatic carbocycles. The third-order valence-electron chi connectivity index (χ3n) is 4.39. The zero-order valence-corrected chi connectivity index (χ0v) is 14.1. The third kappa shape index (κ3) is 4.32. The Morgan fingerprint density at radius 3 is 2.68 bits per heavy atom. The van der Waals surface area contributed by atoms with Gasteiger partial charge in [0.25, 0.3) is 5.91 Å². The molecule has 2 aromatic heterocycles. The van der Waals surface area contributed by atoms with E-state index in [0.29, 0.717) is 11.3 Å². The van der Waals surface area contributed by atoms with Crippen molar-refractivity contribution in [3.05, 3.63) is 53.6 Å². The predicted molar refractivity (Wildman–Crippen MR) is 92.1 cm³/mol. The summed E-state index contributed by atoms with van der Waals surface area (Å²) in [5, 5.41) is 11.8. The molecule has 2 aromatic rings. The number of rotatable bonds is 4. The average molecular weight is 336 g/mol. The molecule has 0 atom stereocenters. The molecule has 6 nitrogen and oxygen atoms in total. The van der Waals surface area contributed by atoms with Gasteiger partial charge in [-0.2, -0.15) is 5.26 Å². The number of ether oxygens (including phenoxy) is 1. The highest BCUT2D eigenvalue weighted by atomic mass is 16.5. The second kappa shape index (κ2) is 7.75. The minimum absolute atomic E-state index is 0.125. The van der Waals surface area contributed by atoms with Gasteiger partial charge in [-0.3, -0.25) is 9.78 Å². The molecule has 1 saturated carbocycles. The van der Waals surface area contributed by atoms with Crippen LogP contribution >= 0.6 is 0 Å². The van der Waals surface area contributed by atoms with Crippen LogP contribution in [0, 0.1) is 18.3 Å². The molecule has 0 unspecified atom stereocenters. The minimum Gasteiger partial charge on any atom is -0.489 e. The molecular weight excluding hydrogens is 316 g/mol. The Morgan fingerprint density at radius 2 is 2.04 bits per heavy atom. The quantitative estimate of drug-likeness (QED) is 0.927. The topological polar surface area (TPSA) is 87.9 Å². The van der Waals surface area contributed by atoms with Crippen molar-refractivity contribution in [1.82, 2.24) is 15.3 Å². The second-order valence-corrected chi connectivity index (χ2v) is 6.20. The molecule has 0 bridgehead atoms. The van der Waals surface area contributed by atoms with E-state index in [2.05, 4.69) is 15.3 Å². The zero-order chi connectivity index (χ0) is 17.6. The SMILES string of the molecule is Cc1ncccc1OC1CCC(NC(=O)c2ccc(C#N)cn2)CC1. The van der Waals surface area contributed by atoms with Gasteiger partial charge in [0.2, 0.25) is 0 Å². The maximum absolute atomic E-state index is 12.2. The fourth-order valence-electron chi connectivity index (χ4n) is 2.95. The molecular formula is C19H20N4O2. The molecule has 128 valence electrons. The lowest BCUT2D eigenvalue weighted by Crippen LogP contribution is -2.40. The van der Waals surface area contributed by atoms with Gasteiger partial charge in [-0.25, -0.2) is 4.98 Å². The van der Waals surface area contributed by atoms with Crippen molar-refractivity contribution >= 4 is 5.91 Å². The Kier molecular flexibility index (Phi) is 5.24. The van der Waals surface area contributed by atoms with E-state index in [9.17, 15) is 4.79 Å². The van der Waals surface area contributed by atoms with Crippen LogP contribution in [0.5, 0.6) is 5.75 Å². The van der Waals surface area contributed by atoms with E-state index in [1.807, 2.05) is 25.1 Å². The first-order chi connectivity index (χ1) is 12.2. The first-order valence-corrected chi connectivity index (χ1v) is 8.41. The van der Waals surface area contributed by atoms with E-state index < -0.39 is 0 Å². The molecule has 0 saturated heterocycles. The van der Waals surface area contributed by atoms with Crippen molar-refractivity contribution in [2.45, 2.75) is 44.8 Å². The number of hydrogen-bond acceptors (Lipinski definition) is 5. The van der Waals surface area contributed by atoms with Crippen molar-refractivity contribution in [3.8, 4) is 11.8 Å². The molecule has 2 heterocycles. The van der Waals surface area contributed by atoms with Gasteiger partial charge in [-0.1, -0.05) is 0 Å². The number of carbonyl (C=O) groups is 1. The number of carbonyl (C=O) groups excluding carboxylic acids is 1. The Morgan fingerprint density at radius 1 is 1.24 bits per heavy atom. The third-order valence-corrected chi connectivity index (χ3v) is 4.39. The van der Waals surface area contributed by atoms with Gasteiger partial charge in [0.05, 0.1) is 17.4 Å². The van der Waals surface area contributed by atoms with E-state index >= 15 is 0 Å². The molecule has 0 spiro atoms.